The summed E-state index contributed by atoms with van der Waals surface area (Å²) in [7, 11) is 1.90. The van der Waals surface area contributed by atoms with E-state index in [1.54, 1.807) is 18.0 Å². The van der Waals surface area contributed by atoms with Crippen molar-refractivity contribution in [3.05, 3.63) is 58.8 Å². The first-order chi connectivity index (χ1) is 10.4. The van der Waals surface area contributed by atoms with E-state index in [1.807, 2.05) is 43.9 Å². The second-order valence-corrected chi connectivity index (χ2v) is 5.42. The Morgan fingerprint density at radius 3 is 2.68 bits per heavy atom. The molecule has 4 nitrogen and oxygen atoms in total. The topological polar surface area (TPSA) is 33.4 Å². The number of hydrogen-bond acceptors (Lipinski definition) is 3. The van der Waals surface area contributed by atoms with Gasteiger partial charge in [-0.3, -0.25) is 9.69 Å². The van der Waals surface area contributed by atoms with E-state index in [4.69, 9.17) is 0 Å². The Labute approximate surface area is 130 Å². The molecular weight excluding hydrogens is 279 g/mol. The number of hydrogen-bond donors (Lipinski definition) is 0. The first-order valence-corrected chi connectivity index (χ1v) is 7.08. The lowest BCUT2D eigenvalue weighted by Crippen LogP contribution is -2.12. The summed E-state index contributed by atoms with van der Waals surface area (Å²) in [6, 6.07) is 7.22. The van der Waals surface area contributed by atoms with Gasteiger partial charge in [-0.15, -0.1) is 0 Å². The Balaban J connectivity index is 2.21. The zero-order valence-electron chi connectivity index (χ0n) is 13.5. The van der Waals surface area contributed by atoms with E-state index < -0.39 is 0 Å². The molecule has 0 radical (unpaired) electrons. The number of aromatic nitrogens is 2. The first kappa shape index (κ1) is 15.9. The molecule has 2 rings (SSSR count). The maximum atomic E-state index is 13.7. The molecule has 1 aromatic heterocycles. The van der Waals surface area contributed by atoms with Crippen molar-refractivity contribution in [1.82, 2.24) is 14.8 Å². The van der Waals surface area contributed by atoms with Crippen LogP contribution in [0.3, 0.4) is 0 Å². The van der Waals surface area contributed by atoms with Gasteiger partial charge in [0.05, 0.1) is 17.9 Å². The van der Waals surface area contributed by atoms with Gasteiger partial charge >= 0.3 is 0 Å². The van der Waals surface area contributed by atoms with Crippen molar-refractivity contribution < 1.29 is 4.39 Å². The number of allylic oxidation sites excluding steroid dienone is 1. The van der Waals surface area contributed by atoms with E-state index in [0.717, 1.165) is 22.5 Å². The lowest BCUT2D eigenvalue weighted by atomic mass is 10.1. The molecule has 0 aliphatic heterocycles. The number of aryl methyl sites for hydroxylation is 3. The lowest BCUT2D eigenvalue weighted by Gasteiger charge is -2.15. The van der Waals surface area contributed by atoms with Gasteiger partial charge in [-0.1, -0.05) is 12.1 Å². The van der Waals surface area contributed by atoms with E-state index in [1.165, 1.54) is 6.07 Å². The molecule has 5 heteroatoms. The fourth-order valence-corrected chi connectivity index (χ4v) is 2.25. The molecule has 0 atom stereocenters. The molecule has 1 heterocycles. The van der Waals surface area contributed by atoms with Gasteiger partial charge in [0.1, 0.15) is 5.82 Å². The molecule has 0 unspecified atom stereocenters. The lowest BCUT2D eigenvalue weighted by molar-refractivity contribution is 0.382. The normalized spacial score (nSPS) is 11.6. The molecule has 22 heavy (non-hydrogen) atoms. The predicted molar refractivity (Wildman–Crippen MR) is 87.8 cm³/mol. The SMILES string of the molecule is C=NN(/C=C(\C)c1ccc(C)c(F)c1)Cc1cc(C)nn1C. The fraction of sp³-hybridized carbons (Fsp3) is 0.294. The summed E-state index contributed by atoms with van der Waals surface area (Å²) in [6.45, 7) is 9.79. The highest BCUT2D eigenvalue weighted by atomic mass is 19.1. The van der Waals surface area contributed by atoms with Crippen LogP contribution in [0.5, 0.6) is 0 Å². The Kier molecular flexibility index (Phi) is 4.75. The molecule has 1 aromatic carbocycles. The van der Waals surface area contributed by atoms with Crippen molar-refractivity contribution in [3.63, 3.8) is 0 Å². The zero-order valence-corrected chi connectivity index (χ0v) is 13.5. The summed E-state index contributed by atoms with van der Waals surface area (Å²) in [5.41, 5.74) is 4.38. The average molecular weight is 300 g/mol. The van der Waals surface area contributed by atoms with E-state index in [-0.39, 0.29) is 5.82 Å². The largest absolute Gasteiger partial charge is 0.270 e. The molecule has 0 spiro atoms. The van der Waals surface area contributed by atoms with Gasteiger partial charge < -0.3 is 0 Å². The zero-order chi connectivity index (χ0) is 16.3. The summed E-state index contributed by atoms with van der Waals surface area (Å²) in [5, 5.41) is 10.1. The Hall–Kier alpha value is -2.43. The predicted octanol–water partition coefficient (Wildman–Crippen LogP) is 3.65. The summed E-state index contributed by atoms with van der Waals surface area (Å²) >= 11 is 0. The summed E-state index contributed by atoms with van der Waals surface area (Å²) in [5.74, 6) is -0.203. The van der Waals surface area contributed by atoms with E-state index >= 15 is 0 Å². The molecule has 0 N–H and O–H groups in total. The molecule has 116 valence electrons. The molecule has 0 saturated carbocycles. The van der Waals surface area contributed by atoms with Gasteiger partial charge in [0.2, 0.25) is 0 Å². The number of nitrogens with zero attached hydrogens (tertiary/aromatic N) is 4. The smallest absolute Gasteiger partial charge is 0.126 e. The maximum absolute atomic E-state index is 13.7. The summed E-state index contributed by atoms with van der Waals surface area (Å²) in [4.78, 5) is 0. The van der Waals surface area contributed by atoms with Crippen molar-refractivity contribution in [1.29, 1.82) is 0 Å². The maximum Gasteiger partial charge on any atom is 0.126 e. The molecule has 0 aliphatic rings. The number of benzene rings is 1. The fourth-order valence-electron chi connectivity index (χ4n) is 2.25. The van der Waals surface area contributed by atoms with Crippen molar-refractivity contribution in [2.45, 2.75) is 27.3 Å². The second kappa shape index (κ2) is 6.56. The third kappa shape index (κ3) is 3.61. The van der Waals surface area contributed by atoms with Crippen LogP contribution in [0.25, 0.3) is 5.57 Å². The molecule has 0 fully saturated rings. The van der Waals surface area contributed by atoms with Crippen LogP contribution in [0.1, 0.15) is 29.4 Å². The van der Waals surface area contributed by atoms with Gasteiger partial charge in [0, 0.05) is 20.0 Å². The van der Waals surface area contributed by atoms with Crippen LogP contribution in [0.4, 0.5) is 4.39 Å². The molecule has 2 aromatic rings. The number of hydrazone groups is 1. The van der Waals surface area contributed by atoms with E-state index in [9.17, 15) is 4.39 Å². The second-order valence-electron chi connectivity index (χ2n) is 5.42. The van der Waals surface area contributed by atoms with E-state index in [2.05, 4.69) is 16.9 Å². The van der Waals surface area contributed by atoms with Crippen molar-refractivity contribution in [2.24, 2.45) is 12.1 Å². The van der Waals surface area contributed by atoms with Gasteiger partial charge in [-0.25, -0.2) is 4.39 Å². The molecule has 0 amide bonds. The van der Waals surface area contributed by atoms with Crippen LogP contribution in [-0.4, -0.2) is 21.5 Å². The highest BCUT2D eigenvalue weighted by molar-refractivity contribution is 5.63. The quantitative estimate of drug-likeness (QED) is 0.624. The van der Waals surface area contributed by atoms with Crippen LogP contribution < -0.4 is 0 Å². The number of rotatable bonds is 5. The molecule has 0 saturated heterocycles. The summed E-state index contributed by atoms with van der Waals surface area (Å²) in [6.07, 6.45) is 1.86. The van der Waals surface area contributed by atoms with E-state index in [0.29, 0.717) is 12.1 Å². The van der Waals surface area contributed by atoms with Crippen LogP contribution >= 0.6 is 0 Å². The Morgan fingerprint density at radius 1 is 1.41 bits per heavy atom. The first-order valence-electron chi connectivity index (χ1n) is 7.08. The monoisotopic (exact) mass is 300 g/mol. The summed E-state index contributed by atoms with van der Waals surface area (Å²) < 4.78 is 15.5. The highest BCUT2D eigenvalue weighted by Crippen LogP contribution is 2.19. The van der Waals surface area contributed by atoms with Crippen molar-refractivity contribution in [2.75, 3.05) is 0 Å². The van der Waals surface area contributed by atoms with Crippen LogP contribution in [0, 0.1) is 19.7 Å². The third-order valence-electron chi connectivity index (χ3n) is 3.57. The van der Waals surface area contributed by atoms with Crippen molar-refractivity contribution >= 4 is 12.3 Å². The van der Waals surface area contributed by atoms with Gasteiger partial charge in [-0.05, 0) is 49.6 Å². The third-order valence-corrected chi connectivity index (χ3v) is 3.57. The number of halogens is 1. The minimum Gasteiger partial charge on any atom is -0.270 e. The molecule has 0 aliphatic carbocycles. The standard InChI is InChI=1S/C17H21FN4/c1-12-6-7-15(9-17(12)18)13(2)10-22(19-4)11-16-8-14(3)20-21(16)5/h6-10H,4,11H2,1-3,5H3/b13-10+. The average Bonchev–Trinajstić information content (AvgIpc) is 2.78. The van der Waals surface area contributed by atoms with Gasteiger partial charge in [0.15, 0.2) is 0 Å². The minimum atomic E-state index is -0.203. The van der Waals surface area contributed by atoms with Crippen LogP contribution in [0.15, 0.2) is 35.6 Å². The Morgan fingerprint density at radius 2 is 2.14 bits per heavy atom. The molecule has 0 bridgehead atoms. The molecular formula is C17H21FN4. The van der Waals surface area contributed by atoms with Gasteiger partial charge in [0.25, 0.3) is 0 Å². The highest BCUT2D eigenvalue weighted by Gasteiger charge is 2.07. The van der Waals surface area contributed by atoms with Crippen LogP contribution in [0.2, 0.25) is 0 Å². The van der Waals surface area contributed by atoms with Crippen LogP contribution in [-0.2, 0) is 13.6 Å². The minimum absolute atomic E-state index is 0.203. The Bertz CT molecular complexity index is 715. The van der Waals surface area contributed by atoms with Gasteiger partial charge in [-0.2, -0.15) is 10.2 Å². The van der Waals surface area contributed by atoms with Crippen molar-refractivity contribution in [3.8, 4) is 0 Å².